The van der Waals surface area contributed by atoms with Crippen molar-refractivity contribution in [3.63, 3.8) is 0 Å². The number of nitrogen functional groups attached to an aromatic ring is 1. The van der Waals surface area contributed by atoms with Crippen LogP contribution in [-0.2, 0) is 10.0 Å². The molecule has 116 valence electrons. The molecule has 0 amide bonds. The number of aromatic nitrogens is 1. The van der Waals surface area contributed by atoms with Crippen molar-refractivity contribution in [2.24, 2.45) is 0 Å². The van der Waals surface area contributed by atoms with Gasteiger partial charge in [-0.1, -0.05) is 0 Å². The molecule has 7 heteroatoms. The van der Waals surface area contributed by atoms with Crippen LogP contribution in [0.2, 0.25) is 0 Å². The van der Waals surface area contributed by atoms with Gasteiger partial charge in [0.05, 0.1) is 0 Å². The predicted molar refractivity (Wildman–Crippen MR) is 85.7 cm³/mol. The zero-order valence-corrected chi connectivity index (χ0v) is 13.6. The van der Waals surface area contributed by atoms with Crippen LogP contribution in [0.15, 0.2) is 29.3 Å². The molecule has 0 bridgehead atoms. The number of hydrogen-bond acceptors (Lipinski definition) is 4. The number of fused-ring (bicyclic) bond motifs is 1. The van der Waals surface area contributed by atoms with Crippen molar-refractivity contribution in [1.29, 1.82) is 0 Å². The van der Waals surface area contributed by atoms with Crippen molar-refractivity contribution < 1.29 is 8.42 Å². The largest absolute Gasteiger partial charge is 0.399 e. The van der Waals surface area contributed by atoms with Gasteiger partial charge in [-0.05, 0) is 46.1 Å². The Hall–Kier alpha value is -1.57. The molecule has 1 aromatic heterocycles. The molecule has 2 aromatic rings. The summed E-state index contributed by atoms with van der Waals surface area (Å²) in [6, 6.07) is 5.13. The highest BCUT2D eigenvalue weighted by molar-refractivity contribution is 7.89. The van der Waals surface area contributed by atoms with Crippen molar-refractivity contribution in [2.75, 3.05) is 26.4 Å². The van der Waals surface area contributed by atoms with E-state index in [1.54, 1.807) is 18.2 Å². The Morgan fingerprint density at radius 2 is 2.00 bits per heavy atom. The van der Waals surface area contributed by atoms with Crippen molar-refractivity contribution in [1.82, 2.24) is 14.6 Å². The highest BCUT2D eigenvalue weighted by atomic mass is 32.2. The van der Waals surface area contributed by atoms with Crippen LogP contribution >= 0.6 is 0 Å². The topological polar surface area (TPSA) is 91.2 Å². The summed E-state index contributed by atoms with van der Waals surface area (Å²) in [5, 5.41) is 0.638. The number of hydrogen-bond donors (Lipinski definition) is 3. The molecule has 0 aliphatic heterocycles. The van der Waals surface area contributed by atoms with Crippen LogP contribution in [0.4, 0.5) is 5.69 Å². The van der Waals surface area contributed by atoms with E-state index in [4.69, 9.17) is 5.73 Å². The molecule has 4 N–H and O–H groups in total. The average molecular weight is 310 g/mol. The lowest BCUT2D eigenvalue weighted by Crippen LogP contribution is -2.48. The van der Waals surface area contributed by atoms with Gasteiger partial charge in [0.15, 0.2) is 0 Å². The van der Waals surface area contributed by atoms with E-state index in [0.717, 1.165) is 0 Å². The van der Waals surface area contributed by atoms with Gasteiger partial charge in [-0.15, -0.1) is 0 Å². The Balaban J connectivity index is 2.30. The molecule has 0 atom stereocenters. The zero-order chi connectivity index (χ0) is 15.8. The molecule has 1 aromatic carbocycles. The maximum absolute atomic E-state index is 12.5. The number of likely N-dealkylation sites (N-methyl/N-ethyl adjacent to an activating group) is 1. The third-order valence-corrected chi connectivity index (χ3v) is 5.30. The van der Waals surface area contributed by atoms with E-state index in [1.807, 2.05) is 32.8 Å². The summed E-state index contributed by atoms with van der Waals surface area (Å²) in [6.07, 6.45) is 1.50. The molecule has 0 fully saturated rings. The van der Waals surface area contributed by atoms with E-state index < -0.39 is 10.0 Å². The maximum atomic E-state index is 12.5. The van der Waals surface area contributed by atoms with E-state index >= 15 is 0 Å². The first-order valence-corrected chi connectivity index (χ1v) is 8.15. The molecule has 0 spiro atoms. The van der Waals surface area contributed by atoms with Crippen LogP contribution in [-0.4, -0.2) is 44.5 Å². The number of aromatic amines is 1. The molecular formula is C14H22N4O2S. The first-order chi connectivity index (χ1) is 9.63. The first kappa shape index (κ1) is 15.8. The van der Waals surface area contributed by atoms with Crippen molar-refractivity contribution in [2.45, 2.75) is 24.3 Å². The van der Waals surface area contributed by atoms with Crippen LogP contribution in [0.25, 0.3) is 10.9 Å². The Kier molecular flexibility index (Phi) is 4.01. The van der Waals surface area contributed by atoms with Crippen LogP contribution < -0.4 is 10.5 Å². The Morgan fingerprint density at radius 3 is 2.62 bits per heavy atom. The second-order valence-corrected chi connectivity index (χ2v) is 7.72. The normalized spacial score (nSPS) is 13.2. The van der Waals surface area contributed by atoms with Gasteiger partial charge >= 0.3 is 0 Å². The van der Waals surface area contributed by atoms with Crippen LogP contribution in [0.1, 0.15) is 13.8 Å². The van der Waals surface area contributed by atoms with Crippen molar-refractivity contribution in [3.05, 3.63) is 24.4 Å². The third kappa shape index (κ3) is 3.20. The van der Waals surface area contributed by atoms with Gasteiger partial charge in [-0.2, -0.15) is 0 Å². The number of nitrogens with zero attached hydrogens (tertiary/aromatic N) is 1. The smallest absolute Gasteiger partial charge is 0.242 e. The fourth-order valence-corrected chi connectivity index (χ4v) is 3.23. The van der Waals surface area contributed by atoms with Crippen LogP contribution in [0.3, 0.4) is 0 Å². The lowest BCUT2D eigenvalue weighted by Gasteiger charge is -2.32. The molecule has 21 heavy (non-hydrogen) atoms. The van der Waals surface area contributed by atoms with Crippen LogP contribution in [0, 0.1) is 0 Å². The summed E-state index contributed by atoms with van der Waals surface area (Å²) >= 11 is 0. The maximum Gasteiger partial charge on any atom is 0.242 e. The predicted octanol–water partition coefficient (Wildman–Crippen LogP) is 1.37. The number of H-pyrrole nitrogens is 1. The van der Waals surface area contributed by atoms with Crippen LogP contribution in [0.5, 0.6) is 0 Å². The van der Waals surface area contributed by atoms with Gasteiger partial charge in [0.2, 0.25) is 10.0 Å². The van der Waals surface area contributed by atoms with E-state index in [-0.39, 0.29) is 10.4 Å². The second kappa shape index (κ2) is 5.32. The third-order valence-electron chi connectivity index (χ3n) is 3.86. The summed E-state index contributed by atoms with van der Waals surface area (Å²) < 4.78 is 27.6. The van der Waals surface area contributed by atoms with Gasteiger partial charge in [0.25, 0.3) is 0 Å². The molecule has 0 saturated carbocycles. The highest BCUT2D eigenvalue weighted by Gasteiger charge is 2.25. The minimum absolute atomic E-state index is 0.243. The Bertz CT molecular complexity index is 747. The SMILES string of the molecule is CN(C)C(C)(C)CNS(=O)(=O)c1c[nH]c2cc(N)ccc12. The summed E-state index contributed by atoms with van der Waals surface area (Å²) in [4.78, 5) is 5.17. The lowest BCUT2D eigenvalue weighted by atomic mass is 10.1. The summed E-state index contributed by atoms with van der Waals surface area (Å²) in [5.41, 5.74) is 6.73. The minimum atomic E-state index is -3.57. The number of rotatable bonds is 5. The lowest BCUT2D eigenvalue weighted by molar-refractivity contribution is 0.199. The number of anilines is 1. The first-order valence-electron chi connectivity index (χ1n) is 6.67. The summed E-state index contributed by atoms with van der Waals surface area (Å²) in [6.45, 7) is 4.28. The van der Waals surface area contributed by atoms with Gasteiger partial charge < -0.3 is 15.6 Å². The molecule has 0 radical (unpaired) electrons. The van der Waals surface area contributed by atoms with E-state index in [1.165, 1.54) is 6.20 Å². The molecule has 0 unspecified atom stereocenters. The molecule has 2 rings (SSSR count). The number of benzene rings is 1. The van der Waals surface area contributed by atoms with Crippen molar-refractivity contribution in [3.8, 4) is 0 Å². The van der Waals surface area contributed by atoms with Gasteiger partial charge in [-0.3, -0.25) is 0 Å². The van der Waals surface area contributed by atoms with Gasteiger partial charge in [0.1, 0.15) is 4.90 Å². The number of nitrogens with two attached hydrogens (primary N) is 1. The van der Waals surface area contributed by atoms with E-state index in [9.17, 15) is 8.42 Å². The number of sulfonamides is 1. The minimum Gasteiger partial charge on any atom is -0.399 e. The van der Waals surface area contributed by atoms with Gasteiger partial charge in [0, 0.05) is 34.9 Å². The zero-order valence-electron chi connectivity index (χ0n) is 12.8. The fourth-order valence-electron chi connectivity index (χ4n) is 1.85. The standard InChI is InChI=1S/C14H22N4O2S/c1-14(2,18(3)4)9-17-21(19,20)13-8-16-12-7-10(15)5-6-11(12)13/h5-8,16-17H,9,15H2,1-4H3. The second-order valence-electron chi connectivity index (χ2n) is 5.99. The molecule has 1 heterocycles. The van der Waals surface area contributed by atoms with E-state index in [0.29, 0.717) is 23.1 Å². The van der Waals surface area contributed by atoms with E-state index in [2.05, 4.69) is 9.71 Å². The monoisotopic (exact) mass is 310 g/mol. The van der Waals surface area contributed by atoms with Gasteiger partial charge in [-0.25, -0.2) is 13.1 Å². The molecule has 6 nitrogen and oxygen atoms in total. The number of nitrogens with one attached hydrogen (secondary N) is 2. The molecule has 0 saturated heterocycles. The molecule has 0 aliphatic rings. The summed E-state index contributed by atoms with van der Waals surface area (Å²) in [5.74, 6) is 0. The molecule has 0 aliphatic carbocycles. The Labute approximate surface area is 125 Å². The quantitative estimate of drug-likeness (QED) is 0.727. The Morgan fingerprint density at radius 1 is 1.33 bits per heavy atom. The fraction of sp³-hybridized carbons (Fsp3) is 0.429. The highest BCUT2D eigenvalue weighted by Crippen LogP contribution is 2.24. The molecular weight excluding hydrogens is 288 g/mol. The van der Waals surface area contributed by atoms with Crippen molar-refractivity contribution >= 4 is 26.6 Å². The average Bonchev–Trinajstić information content (AvgIpc) is 2.80. The summed E-state index contributed by atoms with van der Waals surface area (Å²) in [7, 11) is 0.267.